The Balaban J connectivity index is 1.78. The Labute approximate surface area is 167 Å². The first-order valence-electron chi connectivity index (χ1n) is 8.26. The monoisotopic (exact) mass is 404 g/mol. The molecule has 0 aliphatic rings. The summed E-state index contributed by atoms with van der Waals surface area (Å²) in [4.78, 5) is 12.6. The lowest BCUT2D eigenvalue weighted by Gasteiger charge is -2.10. The van der Waals surface area contributed by atoms with Crippen molar-refractivity contribution in [1.82, 2.24) is 5.16 Å². The minimum absolute atomic E-state index is 0.156. The highest BCUT2D eigenvalue weighted by Crippen LogP contribution is 2.27. The number of benzene rings is 2. The minimum atomic E-state index is -0.435. The molecule has 0 spiro atoms. The Morgan fingerprint density at radius 2 is 1.93 bits per heavy atom. The van der Waals surface area contributed by atoms with Gasteiger partial charge in [0, 0.05) is 5.02 Å². The van der Waals surface area contributed by atoms with Gasteiger partial charge in [-0.1, -0.05) is 46.1 Å². The molecular weight excluding hydrogens is 387 g/mol. The Morgan fingerprint density at radius 1 is 1.15 bits per heavy atom. The van der Waals surface area contributed by atoms with Gasteiger partial charge in [-0.25, -0.2) is 0 Å². The van der Waals surface area contributed by atoms with Crippen molar-refractivity contribution in [1.29, 1.82) is 0 Å². The van der Waals surface area contributed by atoms with Gasteiger partial charge in [-0.2, -0.15) is 0 Å². The van der Waals surface area contributed by atoms with Gasteiger partial charge in [0.25, 0.3) is 5.91 Å². The zero-order chi connectivity index (χ0) is 19.6. The van der Waals surface area contributed by atoms with Crippen LogP contribution in [0.3, 0.4) is 0 Å². The molecule has 1 heterocycles. The van der Waals surface area contributed by atoms with E-state index >= 15 is 0 Å². The third-order valence-electron chi connectivity index (χ3n) is 4.08. The van der Waals surface area contributed by atoms with Gasteiger partial charge in [0.1, 0.15) is 18.1 Å². The fourth-order valence-electron chi connectivity index (χ4n) is 2.62. The van der Waals surface area contributed by atoms with Crippen LogP contribution in [0, 0.1) is 20.8 Å². The number of aryl methyl sites for hydroxylation is 3. The van der Waals surface area contributed by atoms with Gasteiger partial charge in [-0.3, -0.25) is 4.79 Å². The number of rotatable bonds is 5. The third kappa shape index (κ3) is 4.43. The zero-order valence-electron chi connectivity index (χ0n) is 15.1. The molecule has 7 heteroatoms. The molecule has 3 aromatic rings. The van der Waals surface area contributed by atoms with E-state index < -0.39 is 5.91 Å². The highest BCUT2D eigenvalue weighted by atomic mass is 35.5. The van der Waals surface area contributed by atoms with Gasteiger partial charge in [-0.15, -0.1) is 0 Å². The van der Waals surface area contributed by atoms with Crippen LogP contribution in [0.1, 0.15) is 32.9 Å². The van der Waals surface area contributed by atoms with Crippen molar-refractivity contribution in [2.75, 3.05) is 5.32 Å². The van der Waals surface area contributed by atoms with E-state index in [1.165, 1.54) is 0 Å². The van der Waals surface area contributed by atoms with Crippen molar-refractivity contribution < 1.29 is 14.1 Å². The second-order valence-electron chi connectivity index (χ2n) is 6.20. The number of nitrogens with one attached hydrogen (secondary N) is 1. The SMILES string of the molecule is Cc1ccc(OCc2c(C(=O)Nc3ccc(Cl)cc3Cl)noc2C)c(C)c1. The largest absolute Gasteiger partial charge is 0.488 e. The molecule has 2 aromatic carbocycles. The molecule has 0 atom stereocenters. The predicted molar refractivity (Wildman–Crippen MR) is 106 cm³/mol. The molecule has 140 valence electrons. The second-order valence-corrected chi connectivity index (χ2v) is 7.05. The second kappa shape index (κ2) is 8.03. The van der Waals surface area contributed by atoms with Crippen LogP contribution in [0.2, 0.25) is 10.0 Å². The molecule has 1 aromatic heterocycles. The smallest absolute Gasteiger partial charge is 0.278 e. The summed E-state index contributed by atoms with van der Waals surface area (Å²) in [7, 11) is 0. The van der Waals surface area contributed by atoms with Gasteiger partial charge < -0.3 is 14.6 Å². The fraction of sp³-hybridized carbons (Fsp3) is 0.200. The van der Waals surface area contributed by atoms with Gasteiger partial charge in [0.15, 0.2) is 5.69 Å². The van der Waals surface area contributed by atoms with Crippen LogP contribution in [-0.4, -0.2) is 11.1 Å². The van der Waals surface area contributed by atoms with E-state index in [0.29, 0.717) is 27.1 Å². The number of amides is 1. The highest BCUT2D eigenvalue weighted by Gasteiger charge is 2.21. The molecule has 1 amide bonds. The number of ether oxygens (including phenoxy) is 1. The highest BCUT2D eigenvalue weighted by molar-refractivity contribution is 6.36. The summed E-state index contributed by atoms with van der Waals surface area (Å²) in [6.07, 6.45) is 0. The molecule has 0 saturated heterocycles. The van der Waals surface area contributed by atoms with Crippen LogP contribution in [0.15, 0.2) is 40.9 Å². The van der Waals surface area contributed by atoms with Crippen molar-refractivity contribution in [3.8, 4) is 5.75 Å². The number of halogens is 2. The van der Waals surface area contributed by atoms with Crippen molar-refractivity contribution >= 4 is 34.8 Å². The average Bonchev–Trinajstić information content (AvgIpc) is 2.97. The van der Waals surface area contributed by atoms with Gasteiger partial charge in [-0.05, 0) is 50.6 Å². The first-order valence-corrected chi connectivity index (χ1v) is 9.02. The first kappa shape index (κ1) is 19.3. The molecule has 0 radical (unpaired) electrons. The number of nitrogens with zero attached hydrogens (tertiary/aromatic N) is 1. The molecule has 0 fully saturated rings. The quantitative estimate of drug-likeness (QED) is 0.588. The van der Waals surface area contributed by atoms with E-state index in [-0.39, 0.29) is 12.3 Å². The van der Waals surface area contributed by atoms with E-state index in [4.69, 9.17) is 32.5 Å². The molecule has 0 unspecified atom stereocenters. The molecule has 1 N–H and O–H groups in total. The van der Waals surface area contributed by atoms with E-state index in [1.807, 2.05) is 32.0 Å². The summed E-state index contributed by atoms with van der Waals surface area (Å²) in [5, 5.41) is 7.41. The summed E-state index contributed by atoms with van der Waals surface area (Å²) in [5.41, 5.74) is 3.35. The maximum absolute atomic E-state index is 12.6. The summed E-state index contributed by atoms with van der Waals surface area (Å²) < 4.78 is 11.1. The zero-order valence-corrected chi connectivity index (χ0v) is 16.6. The van der Waals surface area contributed by atoms with Gasteiger partial charge in [0.05, 0.1) is 16.3 Å². The van der Waals surface area contributed by atoms with Crippen molar-refractivity contribution in [3.63, 3.8) is 0 Å². The topological polar surface area (TPSA) is 64.4 Å². The normalized spacial score (nSPS) is 10.7. The Bertz CT molecular complexity index is 999. The number of carbonyl (C=O) groups is 1. The van der Waals surface area contributed by atoms with Crippen LogP contribution in [0.4, 0.5) is 5.69 Å². The minimum Gasteiger partial charge on any atom is -0.488 e. The molecule has 0 bridgehead atoms. The summed E-state index contributed by atoms with van der Waals surface area (Å²) >= 11 is 12.0. The standard InChI is InChI=1S/C20H18Cl2N2O3/c1-11-4-7-18(12(2)8-11)26-10-15-13(3)27-24-19(15)20(25)23-17-6-5-14(21)9-16(17)22/h4-9H,10H2,1-3H3,(H,23,25). The maximum Gasteiger partial charge on any atom is 0.278 e. The van der Waals surface area contributed by atoms with Crippen LogP contribution >= 0.6 is 23.2 Å². The molecular formula is C20H18Cl2N2O3. The summed E-state index contributed by atoms with van der Waals surface area (Å²) in [6.45, 7) is 5.89. The molecule has 0 aliphatic carbocycles. The van der Waals surface area contributed by atoms with E-state index in [2.05, 4.69) is 10.5 Å². The van der Waals surface area contributed by atoms with Gasteiger partial charge >= 0.3 is 0 Å². The summed E-state index contributed by atoms with van der Waals surface area (Å²) in [5.74, 6) is 0.829. The van der Waals surface area contributed by atoms with Crippen LogP contribution in [0.5, 0.6) is 5.75 Å². The van der Waals surface area contributed by atoms with E-state index in [9.17, 15) is 4.79 Å². The first-order chi connectivity index (χ1) is 12.8. The third-order valence-corrected chi connectivity index (χ3v) is 4.63. The maximum atomic E-state index is 12.6. The Morgan fingerprint density at radius 3 is 2.63 bits per heavy atom. The number of carbonyl (C=O) groups excluding carboxylic acids is 1. The van der Waals surface area contributed by atoms with Crippen molar-refractivity contribution in [2.24, 2.45) is 0 Å². The number of hydrogen-bond donors (Lipinski definition) is 1. The number of anilines is 1. The van der Waals surface area contributed by atoms with Crippen LogP contribution in [-0.2, 0) is 6.61 Å². The van der Waals surface area contributed by atoms with E-state index in [1.54, 1.807) is 25.1 Å². The lowest BCUT2D eigenvalue weighted by Crippen LogP contribution is -2.15. The Hall–Kier alpha value is -2.50. The predicted octanol–water partition coefficient (Wildman–Crippen LogP) is 5.74. The van der Waals surface area contributed by atoms with Crippen molar-refractivity contribution in [3.05, 3.63) is 74.6 Å². The number of hydrogen-bond acceptors (Lipinski definition) is 4. The van der Waals surface area contributed by atoms with Crippen molar-refractivity contribution in [2.45, 2.75) is 27.4 Å². The average molecular weight is 405 g/mol. The number of aromatic nitrogens is 1. The molecule has 0 aliphatic heterocycles. The summed E-state index contributed by atoms with van der Waals surface area (Å²) in [6, 6.07) is 10.7. The molecule has 27 heavy (non-hydrogen) atoms. The van der Waals surface area contributed by atoms with Crippen LogP contribution in [0.25, 0.3) is 0 Å². The molecule has 0 saturated carbocycles. The molecule has 5 nitrogen and oxygen atoms in total. The van der Waals surface area contributed by atoms with Gasteiger partial charge in [0.2, 0.25) is 0 Å². The van der Waals surface area contributed by atoms with Crippen LogP contribution < -0.4 is 10.1 Å². The molecule has 3 rings (SSSR count). The van der Waals surface area contributed by atoms with E-state index in [0.717, 1.165) is 16.9 Å². The fourth-order valence-corrected chi connectivity index (χ4v) is 3.08. The Kier molecular flexibility index (Phi) is 5.73. The lowest BCUT2D eigenvalue weighted by atomic mass is 10.1. The lowest BCUT2D eigenvalue weighted by molar-refractivity contribution is 0.101.